The van der Waals surface area contributed by atoms with E-state index in [1.165, 1.54) is 7.11 Å². The highest BCUT2D eigenvalue weighted by molar-refractivity contribution is 9.08. The van der Waals surface area contributed by atoms with Crippen molar-refractivity contribution in [2.45, 2.75) is 5.33 Å². The summed E-state index contributed by atoms with van der Waals surface area (Å²) in [7, 11) is 1.33. The van der Waals surface area contributed by atoms with Crippen LogP contribution in [0.4, 0.5) is 0 Å². The molecule has 0 saturated heterocycles. The summed E-state index contributed by atoms with van der Waals surface area (Å²) in [5.41, 5.74) is 2.65. The van der Waals surface area contributed by atoms with Crippen LogP contribution in [-0.2, 0) is 10.1 Å². The number of esters is 1. The molecule has 2 aromatic carbocycles. The second-order valence-corrected chi connectivity index (χ2v) is 4.79. The monoisotopic (exact) mass is 332 g/mol. The van der Waals surface area contributed by atoms with E-state index in [1.54, 1.807) is 30.3 Å². The average Bonchev–Trinajstić information content (AvgIpc) is 2.53. The molecule has 4 heteroatoms. The number of rotatable bonds is 4. The summed E-state index contributed by atoms with van der Waals surface area (Å²) in [4.78, 5) is 23.7. The zero-order valence-electron chi connectivity index (χ0n) is 10.9. The number of hydrogen-bond donors (Lipinski definition) is 0. The van der Waals surface area contributed by atoms with E-state index >= 15 is 0 Å². The van der Waals surface area contributed by atoms with E-state index < -0.39 is 5.97 Å². The molecule has 0 saturated carbocycles. The fourth-order valence-electron chi connectivity index (χ4n) is 1.84. The lowest BCUT2D eigenvalue weighted by Crippen LogP contribution is -2.04. The SMILES string of the molecule is COC(=O)c1ccc(C(=O)c2cccc(CBr)c2)cc1. The lowest BCUT2D eigenvalue weighted by Gasteiger charge is -2.04. The van der Waals surface area contributed by atoms with Crippen LogP contribution >= 0.6 is 15.9 Å². The lowest BCUT2D eigenvalue weighted by atomic mass is 10.0. The largest absolute Gasteiger partial charge is 0.465 e. The van der Waals surface area contributed by atoms with Crippen molar-refractivity contribution in [3.8, 4) is 0 Å². The van der Waals surface area contributed by atoms with Crippen molar-refractivity contribution in [2.24, 2.45) is 0 Å². The molecular formula is C16H13BrO3. The predicted octanol–water partition coefficient (Wildman–Crippen LogP) is 3.60. The zero-order chi connectivity index (χ0) is 14.5. The smallest absolute Gasteiger partial charge is 0.337 e. The van der Waals surface area contributed by atoms with Crippen LogP contribution in [0.5, 0.6) is 0 Å². The Morgan fingerprint density at radius 1 is 1.00 bits per heavy atom. The van der Waals surface area contributed by atoms with Gasteiger partial charge in [-0.25, -0.2) is 4.79 Å². The molecule has 2 aromatic rings. The van der Waals surface area contributed by atoms with E-state index in [0.29, 0.717) is 22.0 Å². The third-order valence-electron chi connectivity index (χ3n) is 2.91. The summed E-state index contributed by atoms with van der Waals surface area (Å²) in [6, 6.07) is 13.9. The minimum atomic E-state index is -0.412. The molecule has 0 heterocycles. The summed E-state index contributed by atoms with van der Waals surface area (Å²) >= 11 is 3.37. The summed E-state index contributed by atoms with van der Waals surface area (Å²) in [5.74, 6) is -0.477. The number of ketones is 1. The molecule has 0 amide bonds. The minimum Gasteiger partial charge on any atom is -0.465 e. The maximum Gasteiger partial charge on any atom is 0.337 e. The molecule has 2 rings (SSSR count). The molecule has 0 spiro atoms. The van der Waals surface area contributed by atoms with Crippen LogP contribution < -0.4 is 0 Å². The molecule has 0 unspecified atom stereocenters. The Kier molecular flexibility index (Phi) is 4.69. The molecule has 0 aromatic heterocycles. The van der Waals surface area contributed by atoms with Gasteiger partial charge >= 0.3 is 5.97 Å². The molecule has 0 radical (unpaired) electrons. The zero-order valence-corrected chi connectivity index (χ0v) is 12.5. The van der Waals surface area contributed by atoms with Crippen molar-refractivity contribution in [1.82, 2.24) is 0 Å². The van der Waals surface area contributed by atoms with Gasteiger partial charge in [0.2, 0.25) is 0 Å². The topological polar surface area (TPSA) is 43.4 Å². The highest BCUT2D eigenvalue weighted by Crippen LogP contribution is 2.14. The molecule has 102 valence electrons. The molecule has 0 aliphatic heterocycles. The van der Waals surface area contributed by atoms with E-state index in [1.807, 2.05) is 18.2 Å². The summed E-state index contributed by atoms with van der Waals surface area (Å²) in [6.07, 6.45) is 0. The lowest BCUT2D eigenvalue weighted by molar-refractivity contribution is 0.0600. The molecule has 0 aliphatic carbocycles. The van der Waals surface area contributed by atoms with Gasteiger partial charge in [-0.1, -0.05) is 46.3 Å². The van der Waals surface area contributed by atoms with Gasteiger partial charge in [0.15, 0.2) is 5.78 Å². The fourth-order valence-corrected chi connectivity index (χ4v) is 2.19. The normalized spacial score (nSPS) is 10.1. The Morgan fingerprint density at radius 3 is 2.25 bits per heavy atom. The summed E-state index contributed by atoms with van der Waals surface area (Å²) < 4.78 is 4.62. The van der Waals surface area contributed by atoms with Gasteiger partial charge in [-0.2, -0.15) is 0 Å². The molecule has 0 fully saturated rings. The van der Waals surface area contributed by atoms with E-state index in [0.717, 1.165) is 5.56 Å². The molecule has 0 N–H and O–H groups in total. The maximum atomic E-state index is 12.3. The van der Waals surface area contributed by atoms with E-state index in [-0.39, 0.29) is 5.78 Å². The van der Waals surface area contributed by atoms with Gasteiger partial charge in [-0.05, 0) is 23.8 Å². The maximum absolute atomic E-state index is 12.3. The van der Waals surface area contributed by atoms with E-state index in [9.17, 15) is 9.59 Å². The second-order valence-electron chi connectivity index (χ2n) is 4.23. The first-order valence-corrected chi connectivity index (χ1v) is 7.16. The van der Waals surface area contributed by atoms with Crippen molar-refractivity contribution in [3.63, 3.8) is 0 Å². The van der Waals surface area contributed by atoms with Crippen LogP contribution in [0.3, 0.4) is 0 Å². The number of hydrogen-bond acceptors (Lipinski definition) is 3. The van der Waals surface area contributed by atoms with Crippen molar-refractivity contribution in [3.05, 3.63) is 70.8 Å². The Morgan fingerprint density at radius 2 is 1.65 bits per heavy atom. The molecule has 0 aliphatic rings. The molecule has 0 bridgehead atoms. The quantitative estimate of drug-likeness (QED) is 0.488. The van der Waals surface area contributed by atoms with Crippen LogP contribution in [-0.4, -0.2) is 18.9 Å². The number of benzene rings is 2. The van der Waals surface area contributed by atoms with Gasteiger partial charge in [0, 0.05) is 16.5 Å². The third-order valence-corrected chi connectivity index (χ3v) is 3.56. The third kappa shape index (κ3) is 3.14. The summed E-state index contributed by atoms with van der Waals surface area (Å²) in [5, 5.41) is 0.704. The van der Waals surface area contributed by atoms with Gasteiger partial charge in [0.05, 0.1) is 12.7 Å². The average molecular weight is 333 g/mol. The number of methoxy groups -OCH3 is 1. The Hall–Kier alpha value is -1.94. The molecule has 3 nitrogen and oxygen atoms in total. The van der Waals surface area contributed by atoms with Crippen LogP contribution in [0.2, 0.25) is 0 Å². The van der Waals surface area contributed by atoms with E-state index in [2.05, 4.69) is 20.7 Å². The minimum absolute atomic E-state index is 0.0655. The highest BCUT2D eigenvalue weighted by atomic mass is 79.9. The number of carbonyl (C=O) groups is 2. The number of alkyl halides is 1. The van der Waals surface area contributed by atoms with E-state index in [4.69, 9.17) is 0 Å². The van der Waals surface area contributed by atoms with Gasteiger partial charge in [-0.3, -0.25) is 4.79 Å². The first kappa shape index (κ1) is 14.5. The number of ether oxygens (including phenoxy) is 1. The first-order valence-electron chi connectivity index (χ1n) is 6.03. The van der Waals surface area contributed by atoms with Gasteiger partial charge in [0.1, 0.15) is 0 Å². The molecule has 20 heavy (non-hydrogen) atoms. The molecular weight excluding hydrogens is 320 g/mol. The van der Waals surface area contributed by atoms with Crippen molar-refractivity contribution < 1.29 is 14.3 Å². The van der Waals surface area contributed by atoms with Crippen LogP contribution in [0.1, 0.15) is 31.8 Å². The Balaban J connectivity index is 2.26. The Bertz CT molecular complexity index is 632. The van der Waals surface area contributed by atoms with Crippen LogP contribution in [0.15, 0.2) is 48.5 Å². The van der Waals surface area contributed by atoms with Gasteiger partial charge in [0.25, 0.3) is 0 Å². The predicted molar refractivity (Wildman–Crippen MR) is 80.3 cm³/mol. The summed E-state index contributed by atoms with van der Waals surface area (Å²) in [6.45, 7) is 0. The Labute approximate surface area is 125 Å². The number of carbonyl (C=O) groups excluding carboxylic acids is 2. The first-order chi connectivity index (χ1) is 9.65. The highest BCUT2D eigenvalue weighted by Gasteiger charge is 2.11. The van der Waals surface area contributed by atoms with Gasteiger partial charge < -0.3 is 4.74 Å². The number of halogens is 1. The second kappa shape index (κ2) is 6.48. The fraction of sp³-hybridized carbons (Fsp3) is 0.125. The molecule has 0 atom stereocenters. The van der Waals surface area contributed by atoms with Crippen molar-refractivity contribution in [2.75, 3.05) is 7.11 Å². The van der Waals surface area contributed by atoms with Gasteiger partial charge in [-0.15, -0.1) is 0 Å². The standard InChI is InChI=1S/C16H13BrO3/c1-20-16(19)13-7-5-12(6-8-13)15(18)14-4-2-3-11(9-14)10-17/h2-9H,10H2,1H3. The van der Waals surface area contributed by atoms with Crippen molar-refractivity contribution >= 4 is 27.7 Å². The van der Waals surface area contributed by atoms with Crippen LogP contribution in [0.25, 0.3) is 0 Å². The van der Waals surface area contributed by atoms with Crippen LogP contribution in [0, 0.1) is 0 Å². The van der Waals surface area contributed by atoms with Crippen molar-refractivity contribution in [1.29, 1.82) is 0 Å².